The van der Waals surface area contributed by atoms with Crippen LogP contribution in [0.5, 0.6) is 0 Å². The third-order valence-corrected chi connectivity index (χ3v) is 6.01. The minimum absolute atomic E-state index is 0.0939. The van der Waals surface area contributed by atoms with Gasteiger partial charge in [-0.1, -0.05) is 66.2 Å². The Morgan fingerprint density at radius 2 is 2.00 bits per heavy atom. The molecular formula is C26H22ClN3O2. The van der Waals surface area contributed by atoms with Gasteiger partial charge in [0.05, 0.1) is 29.1 Å². The number of nitrogens with zero attached hydrogens (tertiary/aromatic N) is 3. The van der Waals surface area contributed by atoms with Crippen LogP contribution < -0.4 is 0 Å². The highest BCUT2D eigenvalue weighted by Gasteiger charge is 2.28. The molecule has 5 rings (SSSR count). The molecule has 160 valence electrons. The zero-order valence-corrected chi connectivity index (χ0v) is 18.4. The van der Waals surface area contributed by atoms with E-state index >= 15 is 0 Å². The molecule has 0 saturated carbocycles. The van der Waals surface area contributed by atoms with Gasteiger partial charge < -0.3 is 4.74 Å². The summed E-state index contributed by atoms with van der Waals surface area (Å²) >= 11 is 6.25. The molecule has 0 fully saturated rings. The lowest BCUT2D eigenvalue weighted by Crippen LogP contribution is -2.22. The second-order valence-electron chi connectivity index (χ2n) is 7.98. The quantitative estimate of drug-likeness (QED) is 0.399. The van der Waals surface area contributed by atoms with Crippen LogP contribution in [0.1, 0.15) is 33.7 Å². The highest BCUT2D eigenvalue weighted by Crippen LogP contribution is 2.33. The van der Waals surface area contributed by atoms with Gasteiger partial charge in [-0.25, -0.2) is 9.50 Å². The summed E-state index contributed by atoms with van der Waals surface area (Å²) in [5.41, 5.74) is 5.94. The summed E-state index contributed by atoms with van der Waals surface area (Å²) < 4.78 is 7.23. The molecule has 2 heterocycles. The van der Waals surface area contributed by atoms with Gasteiger partial charge in [0.15, 0.2) is 11.4 Å². The molecule has 1 atom stereocenters. The van der Waals surface area contributed by atoms with Crippen molar-refractivity contribution in [2.24, 2.45) is 5.92 Å². The number of allylic oxidation sites excluding steroid dienone is 1. The normalized spacial score (nSPS) is 16.1. The molecule has 32 heavy (non-hydrogen) atoms. The lowest BCUT2D eigenvalue weighted by atomic mass is 9.86. The Morgan fingerprint density at radius 1 is 1.16 bits per heavy atom. The van der Waals surface area contributed by atoms with E-state index in [0.29, 0.717) is 35.7 Å². The van der Waals surface area contributed by atoms with Crippen molar-refractivity contribution in [2.45, 2.75) is 19.4 Å². The van der Waals surface area contributed by atoms with Crippen LogP contribution in [0, 0.1) is 5.92 Å². The summed E-state index contributed by atoms with van der Waals surface area (Å²) in [7, 11) is 1.64. The van der Waals surface area contributed by atoms with Gasteiger partial charge in [0, 0.05) is 24.8 Å². The Kier molecular flexibility index (Phi) is 5.60. The fourth-order valence-electron chi connectivity index (χ4n) is 4.30. The van der Waals surface area contributed by atoms with Gasteiger partial charge in [-0.05, 0) is 35.6 Å². The van der Waals surface area contributed by atoms with Crippen molar-refractivity contribution in [1.29, 1.82) is 0 Å². The number of aromatic nitrogens is 3. The van der Waals surface area contributed by atoms with Gasteiger partial charge in [0.1, 0.15) is 0 Å². The first kappa shape index (κ1) is 20.6. The lowest BCUT2D eigenvalue weighted by molar-refractivity contribution is 0.0957. The standard InChI is InChI=1S/C26H22ClN3O2/c1-32-16-22-25(19-8-5-9-20(27)14-19)26-28-15-21-23(30(26)29-22)12-18(13-24(21)31)11-10-17-6-3-2-4-7-17/h2-11,14-15,18H,12-13,16H2,1H3. The molecule has 2 aromatic heterocycles. The van der Waals surface area contributed by atoms with E-state index in [1.54, 1.807) is 13.3 Å². The molecule has 5 nitrogen and oxygen atoms in total. The van der Waals surface area contributed by atoms with Gasteiger partial charge in [0.25, 0.3) is 0 Å². The van der Waals surface area contributed by atoms with Crippen molar-refractivity contribution in [3.05, 3.63) is 94.4 Å². The average molecular weight is 444 g/mol. The fourth-order valence-corrected chi connectivity index (χ4v) is 4.49. The maximum Gasteiger partial charge on any atom is 0.166 e. The summed E-state index contributed by atoms with van der Waals surface area (Å²) in [6.45, 7) is 0.339. The second-order valence-corrected chi connectivity index (χ2v) is 8.42. The first-order chi connectivity index (χ1) is 15.6. The summed E-state index contributed by atoms with van der Waals surface area (Å²) in [5, 5.41) is 5.46. The van der Waals surface area contributed by atoms with Crippen molar-refractivity contribution in [2.75, 3.05) is 7.11 Å². The SMILES string of the molecule is COCc1nn2c3c(cnc2c1-c1cccc(Cl)c1)C(=O)CC(C=Cc1ccccc1)C3. The van der Waals surface area contributed by atoms with Crippen LogP contribution in [0.2, 0.25) is 5.02 Å². The molecule has 1 aliphatic rings. The van der Waals surface area contributed by atoms with Crippen molar-refractivity contribution in [3.63, 3.8) is 0 Å². The summed E-state index contributed by atoms with van der Waals surface area (Å²) in [5.74, 6) is 0.196. The largest absolute Gasteiger partial charge is 0.378 e. The lowest BCUT2D eigenvalue weighted by Gasteiger charge is -2.21. The molecule has 0 N–H and O–H groups in total. The van der Waals surface area contributed by atoms with E-state index in [1.807, 2.05) is 47.0 Å². The highest BCUT2D eigenvalue weighted by atomic mass is 35.5. The van der Waals surface area contributed by atoms with Crippen LogP contribution in [0.25, 0.3) is 22.9 Å². The van der Waals surface area contributed by atoms with Gasteiger partial charge in [-0.3, -0.25) is 4.79 Å². The Bertz CT molecular complexity index is 1330. The number of fused-ring (bicyclic) bond motifs is 3. The number of rotatable bonds is 5. The molecule has 0 saturated heterocycles. The first-order valence-corrected chi connectivity index (χ1v) is 10.9. The van der Waals surface area contributed by atoms with E-state index < -0.39 is 0 Å². The number of halogens is 1. The van der Waals surface area contributed by atoms with Crippen molar-refractivity contribution >= 4 is 29.1 Å². The van der Waals surface area contributed by atoms with E-state index in [9.17, 15) is 4.79 Å². The van der Waals surface area contributed by atoms with Crippen LogP contribution in [0.15, 0.2) is 66.9 Å². The number of ether oxygens (including phenoxy) is 1. The van der Waals surface area contributed by atoms with Crippen LogP contribution >= 0.6 is 11.6 Å². The smallest absolute Gasteiger partial charge is 0.166 e. The molecule has 0 aliphatic heterocycles. The van der Waals surface area contributed by atoms with E-state index in [0.717, 1.165) is 28.1 Å². The maximum atomic E-state index is 12.9. The van der Waals surface area contributed by atoms with Crippen molar-refractivity contribution < 1.29 is 9.53 Å². The maximum absolute atomic E-state index is 12.9. The van der Waals surface area contributed by atoms with Gasteiger partial charge in [-0.2, -0.15) is 5.10 Å². The molecule has 6 heteroatoms. The fraction of sp³-hybridized carbons (Fsp3) is 0.192. The van der Waals surface area contributed by atoms with Crippen molar-refractivity contribution in [3.8, 4) is 11.1 Å². The third-order valence-electron chi connectivity index (χ3n) is 5.77. The topological polar surface area (TPSA) is 56.5 Å². The minimum atomic E-state index is 0.0939. The number of Topliss-reactive ketones (excluding diaryl/α,β-unsaturated/α-hetero) is 1. The van der Waals surface area contributed by atoms with E-state index in [2.05, 4.69) is 29.3 Å². The average Bonchev–Trinajstić information content (AvgIpc) is 3.17. The van der Waals surface area contributed by atoms with Crippen LogP contribution in [0.4, 0.5) is 0 Å². The zero-order chi connectivity index (χ0) is 22.1. The minimum Gasteiger partial charge on any atom is -0.378 e. The zero-order valence-electron chi connectivity index (χ0n) is 17.7. The summed E-state index contributed by atoms with van der Waals surface area (Å²) in [4.78, 5) is 17.6. The highest BCUT2D eigenvalue weighted by molar-refractivity contribution is 6.30. The number of hydrogen-bond acceptors (Lipinski definition) is 4. The second kappa shape index (κ2) is 8.69. The Morgan fingerprint density at radius 3 is 2.78 bits per heavy atom. The third kappa shape index (κ3) is 3.85. The van der Waals surface area contributed by atoms with Crippen LogP contribution in [-0.4, -0.2) is 27.5 Å². The van der Waals surface area contributed by atoms with E-state index in [4.69, 9.17) is 21.4 Å². The van der Waals surface area contributed by atoms with Gasteiger partial charge in [-0.15, -0.1) is 0 Å². The molecule has 4 aromatic rings. The summed E-state index contributed by atoms with van der Waals surface area (Å²) in [6.07, 6.45) is 7.08. The number of carbonyl (C=O) groups is 1. The molecule has 0 amide bonds. The van der Waals surface area contributed by atoms with Gasteiger partial charge >= 0.3 is 0 Å². The molecule has 0 bridgehead atoms. The van der Waals surface area contributed by atoms with Crippen LogP contribution in [-0.2, 0) is 17.8 Å². The van der Waals surface area contributed by atoms with Gasteiger partial charge in [0.2, 0.25) is 0 Å². The number of methoxy groups -OCH3 is 1. The Balaban J connectivity index is 1.60. The molecule has 1 aliphatic carbocycles. The number of ketones is 1. The Hall–Kier alpha value is -3.28. The molecule has 2 aromatic carbocycles. The number of carbonyl (C=O) groups excluding carboxylic acids is 1. The molecular weight excluding hydrogens is 422 g/mol. The molecule has 0 radical (unpaired) electrons. The molecule has 1 unspecified atom stereocenters. The van der Waals surface area contributed by atoms with Crippen molar-refractivity contribution in [1.82, 2.24) is 14.6 Å². The van der Waals surface area contributed by atoms with Crippen LogP contribution in [0.3, 0.4) is 0 Å². The first-order valence-electron chi connectivity index (χ1n) is 10.5. The van der Waals surface area contributed by atoms with E-state index in [1.165, 1.54) is 0 Å². The molecule has 0 spiro atoms. The van der Waals surface area contributed by atoms with E-state index in [-0.39, 0.29) is 11.7 Å². The summed E-state index contributed by atoms with van der Waals surface area (Å²) in [6, 6.07) is 17.7. The monoisotopic (exact) mass is 443 g/mol. The predicted molar refractivity (Wildman–Crippen MR) is 126 cm³/mol. The predicted octanol–water partition coefficient (Wildman–Crippen LogP) is 5.65. The Labute approximate surface area is 191 Å². The number of hydrogen-bond donors (Lipinski definition) is 0. The number of benzene rings is 2.